The van der Waals surface area contributed by atoms with Crippen LogP contribution in [0.15, 0.2) is 34.1 Å². The van der Waals surface area contributed by atoms with Gasteiger partial charge in [-0.15, -0.1) is 22.7 Å². The number of hydrogen-bond acceptors (Lipinski definition) is 3. The molecule has 2 heterocycles. The van der Waals surface area contributed by atoms with Gasteiger partial charge in [0.15, 0.2) is 0 Å². The molecule has 1 nitrogen and oxygen atoms in total. The highest BCUT2D eigenvalue weighted by Gasteiger charge is 2.16. The van der Waals surface area contributed by atoms with Crippen LogP contribution in [0.2, 0.25) is 0 Å². The fourth-order valence-electron chi connectivity index (χ4n) is 2.23. The fraction of sp³-hybridized carbons (Fsp3) is 0.200. The summed E-state index contributed by atoms with van der Waals surface area (Å²) in [6, 6.07) is 8.71. The van der Waals surface area contributed by atoms with Crippen molar-refractivity contribution in [1.82, 2.24) is 0 Å². The van der Waals surface area contributed by atoms with Gasteiger partial charge in [0.05, 0.1) is 6.04 Å². The Morgan fingerprint density at radius 3 is 2.63 bits per heavy atom. The zero-order valence-corrected chi connectivity index (χ0v) is 14.0. The Morgan fingerprint density at radius 2 is 1.89 bits per heavy atom. The molecule has 0 saturated heterocycles. The van der Waals surface area contributed by atoms with E-state index in [4.69, 9.17) is 5.73 Å². The summed E-state index contributed by atoms with van der Waals surface area (Å²) in [6.07, 6.45) is 0. The maximum absolute atomic E-state index is 6.46. The Balaban J connectivity index is 2.06. The molecule has 0 radical (unpaired) electrons. The molecule has 0 aliphatic heterocycles. The van der Waals surface area contributed by atoms with Crippen LogP contribution in [-0.2, 0) is 0 Å². The first-order valence-corrected chi connectivity index (χ1v) is 8.54. The van der Waals surface area contributed by atoms with Gasteiger partial charge in [0.25, 0.3) is 0 Å². The van der Waals surface area contributed by atoms with E-state index in [-0.39, 0.29) is 6.04 Å². The third kappa shape index (κ3) is 2.38. The van der Waals surface area contributed by atoms with Crippen LogP contribution >= 0.6 is 38.6 Å². The highest BCUT2D eigenvalue weighted by atomic mass is 79.9. The topological polar surface area (TPSA) is 26.0 Å². The number of benzene rings is 1. The molecule has 0 bridgehead atoms. The van der Waals surface area contributed by atoms with Crippen LogP contribution in [-0.4, -0.2) is 0 Å². The van der Waals surface area contributed by atoms with E-state index in [1.54, 1.807) is 22.7 Å². The van der Waals surface area contributed by atoms with Crippen molar-refractivity contribution in [1.29, 1.82) is 0 Å². The molecule has 19 heavy (non-hydrogen) atoms. The van der Waals surface area contributed by atoms with Gasteiger partial charge in [-0.05, 0) is 54.1 Å². The van der Waals surface area contributed by atoms with E-state index in [0.717, 1.165) is 4.47 Å². The number of hydrogen-bond donors (Lipinski definition) is 1. The van der Waals surface area contributed by atoms with Crippen molar-refractivity contribution in [3.8, 4) is 0 Å². The van der Waals surface area contributed by atoms with Gasteiger partial charge >= 0.3 is 0 Å². The maximum atomic E-state index is 6.46. The molecule has 0 saturated carbocycles. The van der Waals surface area contributed by atoms with Crippen LogP contribution in [0.3, 0.4) is 0 Å². The van der Waals surface area contributed by atoms with Gasteiger partial charge in [-0.25, -0.2) is 0 Å². The van der Waals surface area contributed by atoms with E-state index in [9.17, 15) is 0 Å². The Hall–Kier alpha value is -0.680. The van der Waals surface area contributed by atoms with Crippen molar-refractivity contribution in [2.24, 2.45) is 5.73 Å². The molecule has 2 N–H and O–H groups in total. The fourth-order valence-corrected chi connectivity index (χ4v) is 4.83. The van der Waals surface area contributed by atoms with Gasteiger partial charge in [-0.3, -0.25) is 0 Å². The summed E-state index contributed by atoms with van der Waals surface area (Å²) in [5, 5.41) is 2.13. The zero-order chi connectivity index (χ0) is 13.6. The normalized spacial score (nSPS) is 13.1. The van der Waals surface area contributed by atoms with Gasteiger partial charge in [0.1, 0.15) is 0 Å². The molecular weight excluding hydrogens is 338 g/mol. The molecule has 0 spiro atoms. The number of rotatable bonds is 2. The molecule has 3 rings (SSSR count). The lowest BCUT2D eigenvalue weighted by Gasteiger charge is -2.15. The van der Waals surface area contributed by atoms with Crippen molar-refractivity contribution >= 4 is 48.0 Å². The quantitative estimate of drug-likeness (QED) is 0.657. The third-order valence-corrected chi connectivity index (χ3v) is 6.38. The molecule has 0 amide bonds. The summed E-state index contributed by atoms with van der Waals surface area (Å²) in [5.41, 5.74) is 10.1. The molecule has 2 aromatic heterocycles. The molecule has 3 aromatic rings. The second kappa shape index (κ2) is 5.02. The van der Waals surface area contributed by atoms with E-state index in [1.165, 1.54) is 31.0 Å². The largest absolute Gasteiger partial charge is 0.320 e. The Kier molecular flexibility index (Phi) is 3.52. The zero-order valence-electron chi connectivity index (χ0n) is 10.7. The van der Waals surface area contributed by atoms with Gasteiger partial charge in [-0.2, -0.15) is 0 Å². The lowest BCUT2D eigenvalue weighted by Crippen LogP contribution is -2.12. The summed E-state index contributed by atoms with van der Waals surface area (Å²) in [5.74, 6) is 0. The van der Waals surface area contributed by atoms with Crippen molar-refractivity contribution < 1.29 is 0 Å². The number of fused-ring (bicyclic) bond motifs is 1. The first-order chi connectivity index (χ1) is 9.06. The summed E-state index contributed by atoms with van der Waals surface area (Å²) in [6.45, 7) is 4.22. The van der Waals surface area contributed by atoms with Crippen molar-refractivity contribution in [2.45, 2.75) is 19.9 Å². The minimum Gasteiger partial charge on any atom is -0.320 e. The second-order valence-electron chi connectivity index (χ2n) is 4.73. The van der Waals surface area contributed by atoms with Crippen LogP contribution in [0.5, 0.6) is 0 Å². The second-order valence-corrected chi connectivity index (χ2v) is 7.65. The first-order valence-electron chi connectivity index (χ1n) is 6.05. The van der Waals surface area contributed by atoms with E-state index in [1.807, 2.05) is 0 Å². The minimum atomic E-state index is -0.0311. The van der Waals surface area contributed by atoms with E-state index >= 15 is 0 Å². The predicted molar refractivity (Wildman–Crippen MR) is 89.3 cm³/mol. The molecule has 0 aliphatic carbocycles. The highest BCUT2D eigenvalue weighted by Crippen LogP contribution is 2.36. The molecule has 4 heteroatoms. The van der Waals surface area contributed by atoms with Crippen LogP contribution in [0.1, 0.15) is 27.6 Å². The molecular formula is C15H14BrNS2. The number of halogens is 1. The van der Waals surface area contributed by atoms with E-state index in [2.05, 4.69) is 59.4 Å². The molecule has 0 aliphatic rings. The average Bonchev–Trinajstić information content (AvgIpc) is 2.93. The smallest absolute Gasteiger partial charge is 0.0649 e. The van der Waals surface area contributed by atoms with Crippen LogP contribution in [0.4, 0.5) is 0 Å². The van der Waals surface area contributed by atoms with Crippen molar-refractivity contribution in [2.75, 3.05) is 0 Å². The van der Waals surface area contributed by atoms with Gasteiger partial charge < -0.3 is 5.73 Å². The van der Waals surface area contributed by atoms with Gasteiger partial charge in [-0.1, -0.05) is 22.0 Å². The average molecular weight is 352 g/mol. The van der Waals surface area contributed by atoms with E-state index in [0.29, 0.717) is 0 Å². The summed E-state index contributed by atoms with van der Waals surface area (Å²) < 4.78 is 3.82. The summed E-state index contributed by atoms with van der Waals surface area (Å²) >= 11 is 7.15. The Labute approximate surface area is 129 Å². The number of thiophene rings is 2. The minimum absolute atomic E-state index is 0.0311. The SMILES string of the molecule is Cc1cc(C(N)c2cc3sccc3s2)c(C)cc1Br. The molecule has 1 atom stereocenters. The van der Waals surface area contributed by atoms with Crippen LogP contribution in [0.25, 0.3) is 9.40 Å². The Morgan fingerprint density at radius 1 is 1.11 bits per heavy atom. The third-order valence-electron chi connectivity index (χ3n) is 3.35. The Bertz CT molecular complexity index is 713. The van der Waals surface area contributed by atoms with E-state index < -0.39 is 0 Å². The van der Waals surface area contributed by atoms with Gasteiger partial charge in [0, 0.05) is 18.7 Å². The van der Waals surface area contributed by atoms with Crippen LogP contribution in [0, 0.1) is 13.8 Å². The monoisotopic (exact) mass is 351 g/mol. The van der Waals surface area contributed by atoms with Crippen molar-refractivity contribution in [3.63, 3.8) is 0 Å². The summed E-state index contributed by atoms with van der Waals surface area (Å²) in [7, 11) is 0. The summed E-state index contributed by atoms with van der Waals surface area (Å²) in [4.78, 5) is 1.24. The molecule has 0 fully saturated rings. The number of aryl methyl sites for hydroxylation is 2. The molecule has 1 unspecified atom stereocenters. The lowest BCUT2D eigenvalue weighted by atomic mass is 9.98. The number of nitrogens with two attached hydrogens (primary N) is 1. The standard InChI is InChI=1S/C15H14BrNS2/c1-8-6-11(16)9(2)5-10(8)15(17)14-7-13-12(19-14)3-4-18-13/h3-7,15H,17H2,1-2H3. The van der Waals surface area contributed by atoms with Crippen molar-refractivity contribution in [3.05, 3.63) is 55.7 Å². The first kappa shape index (κ1) is 13.3. The molecule has 98 valence electrons. The van der Waals surface area contributed by atoms with Crippen LogP contribution < -0.4 is 5.73 Å². The maximum Gasteiger partial charge on any atom is 0.0649 e. The highest BCUT2D eigenvalue weighted by molar-refractivity contribution is 9.10. The van der Waals surface area contributed by atoms with Gasteiger partial charge in [0.2, 0.25) is 0 Å². The molecule has 1 aromatic carbocycles. The predicted octanol–water partition coefficient (Wildman–Crippen LogP) is 5.39. The lowest BCUT2D eigenvalue weighted by molar-refractivity contribution is 0.880.